The van der Waals surface area contributed by atoms with Gasteiger partial charge in [-0.05, 0) is 34.3 Å². The van der Waals surface area contributed by atoms with Crippen molar-refractivity contribution in [1.29, 1.82) is 0 Å². The molecule has 0 amide bonds. The molecule has 0 aliphatic carbocycles. The maximum Gasteiger partial charge on any atom is 0.417 e. The molecule has 0 saturated heterocycles. The Balaban J connectivity index is 1.52. The summed E-state index contributed by atoms with van der Waals surface area (Å²) in [5.74, 6) is 0.0753. The van der Waals surface area contributed by atoms with E-state index in [1.807, 2.05) is 60.7 Å². The molecule has 10 heteroatoms. The Morgan fingerprint density at radius 3 is 2.27 bits per heavy atom. The Bertz CT molecular complexity index is 1360. The first-order chi connectivity index (χ1) is 19.7. The second kappa shape index (κ2) is 14.2. The highest BCUT2D eigenvalue weighted by Gasteiger charge is 2.34. The van der Waals surface area contributed by atoms with Crippen LogP contribution in [0.4, 0.5) is 13.2 Å². The first kappa shape index (κ1) is 30.1. The zero-order valence-corrected chi connectivity index (χ0v) is 23.2. The van der Waals surface area contributed by atoms with Gasteiger partial charge in [-0.1, -0.05) is 84.4 Å². The predicted molar refractivity (Wildman–Crippen MR) is 149 cm³/mol. The highest BCUT2D eigenvalue weighted by Crippen LogP contribution is 2.37. The summed E-state index contributed by atoms with van der Waals surface area (Å²) in [7, 11) is 1.29. The molecule has 0 bridgehead atoms. The zero-order valence-electron chi connectivity index (χ0n) is 22.4. The third kappa shape index (κ3) is 8.58. The monoisotopic (exact) mass is 586 g/mol. The van der Waals surface area contributed by atoms with E-state index in [2.05, 4.69) is 14.8 Å². The number of halogens is 4. The number of rotatable bonds is 13. The van der Waals surface area contributed by atoms with Gasteiger partial charge in [0.05, 0.1) is 24.3 Å². The number of methoxy groups -OCH3 is 1. The molecular formula is C31H30ClF3N2O4. The van der Waals surface area contributed by atoms with Gasteiger partial charge in [0.25, 0.3) is 5.88 Å². The molecule has 41 heavy (non-hydrogen) atoms. The van der Waals surface area contributed by atoms with E-state index in [1.54, 1.807) is 6.07 Å². The van der Waals surface area contributed by atoms with E-state index >= 15 is 0 Å². The van der Waals surface area contributed by atoms with Crippen LogP contribution < -0.4 is 4.74 Å². The zero-order chi connectivity index (χ0) is 29.2. The van der Waals surface area contributed by atoms with Gasteiger partial charge in [-0.2, -0.15) is 13.2 Å². The van der Waals surface area contributed by atoms with Gasteiger partial charge in [0.15, 0.2) is 5.76 Å². The lowest BCUT2D eigenvalue weighted by atomic mass is 9.90. The van der Waals surface area contributed by atoms with Gasteiger partial charge in [-0.25, -0.2) is 0 Å². The van der Waals surface area contributed by atoms with Crippen molar-refractivity contribution in [1.82, 2.24) is 10.1 Å². The molecule has 216 valence electrons. The maximum atomic E-state index is 13.6. The van der Waals surface area contributed by atoms with Crippen LogP contribution in [0, 0.1) is 0 Å². The Labute approximate surface area is 241 Å². The van der Waals surface area contributed by atoms with Gasteiger partial charge < -0.3 is 14.0 Å². The summed E-state index contributed by atoms with van der Waals surface area (Å²) in [6.45, 7) is 1.54. The fraction of sp³-hybridized carbons (Fsp3) is 0.290. The number of carbonyl (C=O) groups excluding carboxylic acids is 1. The highest BCUT2D eigenvalue weighted by atomic mass is 35.5. The average Bonchev–Trinajstić information content (AvgIpc) is 3.41. The third-order valence-electron chi connectivity index (χ3n) is 6.57. The molecule has 0 unspecified atom stereocenters. The SMILES string of the molecule is COC(=O)Cc1cc(OCCCN(Cc2cccc(C(F)(F)F)c2Cl)CC(c2ccccc2)c2ccccc2)no1. The van der Waals surface area contributed by atoms with Crippen LogP contribution in [-0.4, -0.2) is 42.8 Å². The van der Waals surface area contributed by atoms with E-state index in [4.69, 9.17) is 20.9 Å². The largest absolute Gasteiger partial charge is 0.475 e. The number of carbonyl (C=O) groups is 1. The van der Waals surface area contributed by atoms with Gasteiger partial charge in [0.1, 0.15) is 6.42 Å². The molecular weight excluding hydrogens is 557 g/mol. The molecule has 0 fully saturated rings. The number of ether oxygens (including phenoxy) is 2. The molecule has 0 N–H and O–H groups in total. The minimum Gasteiger partial charge on any atom is -0.475 e. The van der Waals surface area contributed by atoms with E-state index in [-0.39, 0.29) is 36.4 Å². The molecule has 4 aromatic rings. The van der Waals surface area contributed by atoms with Crippen molar-refractivity contribution in [3.05, 3.63) is 118 Å². The normalized spacial score (nSPS) is 11.7. The van der Waals surface area contributed by atoms with Crippen LogP contribution in [0.25, 0.3) is 0 Å². The average molecular weight is 587 g/mol. The summed E-state index contributed by atoms with van der Waals surface area (Å²) < 4.78 is 56.1. The summed E-state index contributed by atoms with van der Waals surface area (Å²) in [6.07, 6.45) is -4.06. The second-order valence-corrected chi connectivity index (χ2v) is 9.85. The molecule has 0 spiro atoms. The van der Waals surface area contributed by atoms with E-state index in [0.717, 1.165) is 17.2 Å². The number of esters is 1. The molecule has 0 atom stereocenters. The molecule has 0 radical (unpaired) electrons. The number of nitrogens with zero attached hydrogens (tertiary/aromatic N) is 2. The van der Waals surface area contributed by atoms with Gasteiger partial charge in [0.2, 0.25) is 0 Å². The predicted octanol–water partition coefficient (Wildman–Crippen LogP) is 7.17. The minimum atomic E-state index is -4.55. The van der Waals surface area contributed by atoms with Gasteiger partial charge in [-0.15, -0.1) is 0 Å². The Morgan fingerprint density at radius 2 is 1.66 bits per heavy atom. The van der Waals surface area contributed by atoms with Crippen molar-refractivity contribution in [3.8, 4) is 5.88 Å². The van der Waals surface area contributed by atoms with Gasteiger partial charge in [0, 0.05) is 31.6 Å². The number of aromatic nitrogens is 1. The number of hydrogen-bond donors (Lipinski definition) is 0. The van der Waals surface area contributed by atoms with Gasteiger partial charge >= 0.3 is 12.1 Å². The van der Waals surface area contributed by atoms with E-state index < -0.39 is 17.7 Å². The second-order valence-electron chi connectivity index (χ2n) is 9.47. The topological polar surface area (TPSA) is 64.8 Å². The summed E-state index contributed by atoms with van der Waals surface area (Å²) in [4.78, 5) is 13.5. The fourth-order valence-electron chi connectivity index (χ4n) is 4.55. The van der Waals surface area contributed by atoms with Crippen molar-refractivity contribution in [2.24, 2.45) is 0 Å². The molecule has 0 saturated carbocycles. The number of hydrogen-bond acceptors (Lipinski definition) is 6. The van der Waals surface area contributed by atoms with Crippen LogP contribution in [0.15, 0.2) is 89.5 Å². The molecule has 0 aliphatic heterocycles. The van der Waals surface area contributed by atoms with Crippen LogP contribution in [-0.2, 0) is 28.7 Å². The van der Waals surface area contributed by atoms with Crippen molar-refractivity contribution < 1.29 is 32.0 Å². The fourth-order valence-corrected chi connectivity index (χ4v) is 4.85. The smallest absolute Gasteiger partial charge is 0.417 e. The third-order valence-corrected chi connectivity index (χ3v) is 7.02. The summed E-state index contributed by atoms with van der Waals surface area (Å²) in [5, 5.41) is 3.52. The highest BCUT2D eigenvalue weighted by molar-refractivity contribution is 6.32. The molecule has 3 aromatic carbocycles. The Morgan fingerprint density at radius 1 is 1.00 bits per heavy atom. The standard InChI is InChI=1S/C31H30ClF3N2O4/c1-39-29(38)19-25-18-28(36-41-25)40-17-9-16-37(20-24-14-8-15-27(30(24)32)31(33,34)35)21-26(22-10-4-2-5-11-22)23-12-6-3-7-13-23/h2-8,10-15,18,26H,9,16-17,19-21H2,1H3. The molecule has 0 aliphatic rings. The van der Waals surface area contributed by atoms with E-state index in [0.29, 0.717) is 30.8 Å². The van der Waals surface area contributed by atoms with Crippen LogP contribution in [0.1, 0.15) is 40.4 Å². The minimum absolute atomic E-state index is 0.0284. The van der Waals surface area contributed by atoms with Crippen molar-refractivity contribution >= 4 is 17.6 Å². The van der Waals surface area contributed by atoms with Crippen molar-refractivity contribution in [3.63, 3.8) is 0 Å². The van der Waals surface area contributed by atoms with E-state index in [1.165, 1.54) is 19.2 Å². The van der Waals surface area contributed by atoms with Crippen LogP contribution in [0.5, 0.6) is 5.88 Å². The maximum absolute atomic E-state index is 13.6. The molecule has 4 rings (SSSR count). The molecule has 1 heterocycles. The Hall–Kier alpha value is -3.82. The lowest BCUT2D eigenvalue weighted by molar-refractivity contribution is -0.140. The van der Waals surface area contributed by atoms with Crippen molar-refractivity contribution in [2.45, 2.75) is 31.5 Å². The van der Waals surface area contributed by atoms with Crippen LogP contribution in [0.3, 0.4) is 0 Å². The first-order valence-electron chi connectivity index (χ1n) is 13.1. The summed E-state index contributed by atoms with van der Waals surface area (Å²) in [5.41, 5.74) is 1.73. The van der Waals surface area contributed by atoms with Crippen LogP contribution in [0.2, 0.25) is 5.02 Å². The quantitative estimate of drug-likeness (QED) is 0.122. The lowest BCUT2D eigenvalue weighted by Gasteiger charge is -2.29. The summed E-state index contributed by atoms with van der Waals surface area (Å²) >= 11 is 6.28. The summed E-state index contributed by atoms with van der Waals surface area (Å²) in [6, 6.07) is 25.5. The molecule has 6 nitrogen and oxygen atoms in total. The van der Waals surface area contributed by atoms with Gasteiger partial charge in [-0.3, -0.25) is 9.69 Å². The van der Waals surface area contributed by atoms with Crippen LogP contribution >= 0.6 is 11.6 Å². The van der Waals surface area contributed by atoms with E-state index in [9.17, 15) is 18.0 Å². The first-order valence-corrected chi connectivity index (χ1v) is 13.4. The Kier molecular flexibility index (Phi) is 10.4. The molecule has 1 aromatic heterocycles. The number of benzene rings is 3. The van der Waals surface area contributed by atoms with Crippen molar-refractivity contribution in [2.75, 3.05) is 26.8 Å². The lowest BCUT2D eigenvalue weighted by Crippen LogP contribution is -2.31. The number of alkyl halides is 3.